The largest absolute Gasteiger partial charge is 0.397 e. The second-order valence-electron chi connectivity index (χ2n) is 4.60. The zero-order valence-electron chi connectivity index (χ0n) is 10.0. The van der Waals surface area contributed by atoms with E-state index < -0.39 is 24.5 Å². The molecular formula is C12H15N3O4. The summed E-state index contributed by atoms with van der Waals surface area (Å²) in [6.45, 7) is -0.358. The van der Waals surface area contributed by atoms with Gasteiger partial charge < -0.3 is 30.4 Å². The lowest BCUT2D eigenvalue weighted by atomic mass is 10.1. The standard InChI is InChI=1S/C12H15N3O4/c13-6-2-1-3-7-9(6)14-5-15(7)12-11(18)10(17)8(4-16)19-12/h1-3,5,8,10-12,16-18H,4,13H2/t8-,10-,11-,12?/m1/s1. The number of anilines is 1. The summed E-state index contributed by atoms with van der Waals surface area (Å²) >= 11 is 0. The van der Waals surface area contributed by atoms with Gasteiger partial charge in [-0.05, 0) is 12.1 Å². The first-order valence-electron chi connectivity index (χ1n) is 5.97. The summed E-state index contributed by atoms with van der Waals surface area (Å²) in [6.07, 6.45) is -2.36. The maximum Gasteiger partial charge on any atom is 0.164 e. The Bertz CT molecular complexity index is 600. The van der Waals surface area contributed by atoms with Crippen LogP contribution >= 0.6 is 0 Å². The van der Waals surface area contributed by atoms with Gasteiger partial charge in [-0.1, -0.05) is 6.07 Å². The molecule has 7 nitrogen and oxygen atoms in total. The molecule has 4 atom stereocenters. The Labute approximate surface area is 108 Å². The monoisotopic (exact) mass is 265 g/mol. The van der Waals surface area contributed by atoms with Crippen molar-refractivity contribution in [2.75, 3.05) is 12.3 Å². The molecule has 1 fully saturated rings. The average molecular weight is 265 g/mol. The maximum absolute atomic E-state index is 9.99. The van der Waals surface area contributed by atoms with Gasteiger partial charge in [-0.15, -0.1) is 0 Å². The third-order valence-corrected chi connectivity index (χ3v) is 3.43. The second kappa shape index (κ2) is 4.46. The molecule has 0 spiro atoms. The fourth-order valence-electron chi connectivity index (χ4n) is 2.39. The van der Waals surface area contributed by atoms with Gasteiger partial charge in [0.1, 0.15) is 23.8 Å². The minimum Gasteiger partial charge on any atom is -0.397 e. The van der Waals surface area contributed by atoms with Gasteiger partial charge in [0.25, 0.3) is 0 Å². The predicted octanol–water partition coefficient (Wildman–Crippen LogP) is -0.770. The van der Waals surface area contributed by atoms with Crippen molar-refractivity contribution < 1.29 is 20.1 Å². The van der Waals surface area contributed by atoms with Gasteiger partial charge in [-0.2, -0.15) is 0 Å². The van der Waals surface area contributed by atoms with Crippen molar-refractivity contribution in [3.05, 3.63) is 24.5 Å². The first-order valence-corrected chi connectivity index (χ1v) is 5.97. The summed E-state index contributed by atoms with van der Waals surface area (Å²) < 4.78 is 7.07. The van der Waals surface area contributed by atoms with Gasteiger partial charge in [-0.25, -0.2) is 4.98 Å². The van der Waals surface area contributed by atoms with Crippen LogP contribution in [-0.4, -0.2) is 49.8 Å². The van der Waals surface area contributed by atoms with Crippen LogP contribution in [0.2, 0.25) is 0 Å². The number of nitrogen functional groups attached to an aromatic ring is 1. The molecule has 0 amide bonds. The minimum atomic E-state index is -1.13. The molecule has 0 radical (unpaired) electrons. The average Bonchev–Trinajstić information content (AvgIpc) is 2.94. The molecule has 1 aliphatic rings. The molecule has 19 heavy (non-hydrogen) atoms. The van der Waals surface area contributed by atoms with Crippen LogP contribution in [0.4, 0.5) is 5.69 Å². The highest BCUT2D eigenvalue weighted by molar-refractivity contribution is 5.87. The number of imidazole rings is 1. The Hall–Kier alpha value is -1.67. The van der Waals surface area contributed by atoms with Gasteiger partial charge in [-0.3, -0.25) is 0 Å². The fraction of sp³-hybridized carbons (Fsp3) is 0.417. The van der Waals surface area contributed by atoms with E-state index in [4.69, 9.17) is 15.6 Å². The number of hydrogen-bond acceptors (Lipinski definition) is 6. The van der Waals surface area contributed by atoms with Crippen molar-refractivity contribution in [2.24, 2.45) is 0 Å². The highest BCUT2D eigenvalue weighted by Gasteiger charge is 2.43. The highest BCUT2D eigenvalue weighted by Crippen LogP contribution is 2.32. The van der Waals surface area contributed by atoms with Crippen LogP contribution < -0.4 is 5.73 Å². The zero-order chi connectivity index (χ0) is 13.6. The molecule has 0 saturated carbocycles. The second-order valence-corrected chi connectivity index (χ2v) is 4.60. The van der Waals surface area contributed by atoms with Crippen LogP contribution in [0.5, 0.6) is 0 Å². The number of rotatable bonds is 2. The summed E-state index contributed by atoms with van der Waals surface area (Å²) in [5.41, 5.74) is 7.66. The Morgan fingerprint density at radius 1 is 1.32 bits per heavy atom. The van der Waals surface area contributed by atoms with E-state index in [2.05, 4.69) is 4.98 Å². The van der Waals surface area contributed by atoms with Crippen LogP contribution in [0.1, 0.15) is 6.23 Å². The van der Waals surface area contributed by atoms with E-state index in [-0.39, 0.29) is 6.61 Å². The lowest BCUT2D eigenvalue weighted by molar-refractivity contribution is -0.0508. The molecule has 2 aromatic rings. The predicted molar refractivity (Wildman–Crippen MR) is 67.2 cm³/mol. The molecule has 1 aliphatic heterocycles. The Morgan fingerprint density at radius 2 is 2.11 bits per heavy atom. The van der Waals surface area contributed by atoms with Gasteiger partial charge >= 0.3 is 0 Å². The van der Waals surface area contributed by atoms with Crippen LogP contribution in [0.15, 0.2) is 24.5 Å². The van der Waals surface area contributed by atoms with Crippen molar-refractivity contribution in [3.63, 3.8) is 0 Å². The maximum atomic E-state index is 9.99. The lowest BCUT2D eigenvalue weighted by Gasteiger charge is -2.17. The molecule has 5 N–H and O–H groups in total. The smallest absolute Gasteiger partial charge is 0.164 e. The minimum absolute atomic E-state index is 0.358. The molecule has 3 rings (SSSR count). The van der Waals surface area contributed by atoms with E-state index >= 15 is 0 Å². The number of ether oxygens (including phenoxy) is 1. The summed E-state index contributed by atoms with van der Waals surface area (Å²) in [5.74, 6) is 0. The van der Waals surface area contributed by atoms with Crippen molar-refractivity contribution in [1.29, 1.82) is 0 Å². The molecule has 102 valence electrons. The molecule has 1 unspecified atom stereocenters. The Balaban J connectivity index is 2.04. The summed E-state index contributed by atoms with van der Waals surface area (Å²) in [4.78, 5) is 4.18. The molecule has 2 heterocycles. The molecule has 1 aromatic carbocycles. The normalized spacial score (nSPS) is 31.1. The first-order chi connectivity index (χ1) is 9.13. The number of nitrogens with two attached hydrogens (primary N) is 1. The van der Waals surface area contributed by atoms with E-state index in [0.717, 1.165) is 0 Å². The number of benzene rings is 1. The summed E-state index contributed by atoms with van der Waals surface area (Å²) in [5, 5.41) is 28.8. The van der Waals surface area contributed by atoms with Crippen LogP contribution in [0.3, 0.4) is 0 Å². The zero-order valence-corrected chi connectivity index (χ0v) is 10.0. The van der Waals surface area contributed by atoms with Gasteiger partial charge in [0, 0.05) is 0 Å². The van der Waals surface area contributed by atoms with Crippen molar-refractivity contribution >= 4 is 16.7 Å². The van der Waals surface area contributed by atoms with Crippen molar-refractivity contribution in [3.8, 4) is 0 Å². The third kappa shape index (κ3) is 1.79. The number of hydrogen-bond donors (Lipinski definition) is 4. The quantitative estimate of drug-likeness (QED) is 0.530. The van der Waals surface area contributed by atoms with Crippen LogP contribution in [0.25, 0.3) is 11.0 Å². The molecule has 1 aromatic heterocycles. The number of aromatic nitrogens is 2. The van der Waals surface area contributed by atoms with E-state index in [0.29, 0.717) is 16.7 Å². The van der Waals surface area contributed by atoms with Gasteiger partial charge in [0.2, 0.25) is 0 Å². The number of aliphatic hydroxyl groups excluding tert-OH is 3. The van der Waals surface area contributed by atoms with E-state index in [1.807, 2.05) is 0 Å². The molecular weight excluding hydrogens is 250 g/mol. The highest BCUT2D eigenvalue weighted by atomic mass is 16.6. The number of aliphatic hydroxyl groups is 3. The Kier molecular flexibility index (Phi) is 2.90. The van der Waals surface area contributed by atoms with Gasteiger partial charge in [0.05, 0.1) is 24.1 Å². The van der Waals surface area contributed by atoms with E-state index in [1.54, 1.807) is 22.8 Å². The topological polar surface area (TPSA) is 114 Å². The molecule has 0 bridgehead atoms. The Morgan fingerprint density at radius 3 is 2.79 bits per heavy atom. The van der Waals surface area contributed by atoms with Crippen molar-refractivity contribution in [2.45, 2.75) is 24.5 Å². The third-order valence-electron chi connectivity index (χ3n) is 3.43. The van der Waals surface area contributed by atoms with Crippen LogP contribution in [-0.2, 0) is 4.74 Å². The molecule has 0 aliphatic carbocycles. The number of para-hydroxylation sites is 1. The number of nitrogens with zero attached hydrogens (tertiary/aromatic N) is 2. The lowest BCUT2D eigenvalue weighted by Crippen LogP contribution is -2.33. The van der Waals surface area contributed by atoms with E-state index in [1.165, 1.54) is 6.33 Å². The van der Waals surface area contributed by atoms with Crippen LogP contribution in [0, 0.1) is 0 Å². The van der Waals surface area contributed by atoms with E-state index in [9.17, 15) is 10.2 Å². The summed E-state index contributed by atoms with van der Waals surface area (Å²) in [6, 6.07) is 5.31. The fourth-order valence-corrected chi connectivity index (χ4v) is 2.39. The van der Waals surface area contributed by atoms with Gasteiger partial charge in [0.15, 0.2) is 6.23 Å². The SMILES string of the molecule is Nc1cccc2c1ncn2C1O[C@H](CO)[C@@H](O)[C@H]1O. The first kappa shape index (κ1) is 12.4. The van der Waals surface area contributed by atoms with Crippen molar-refractivity contribution in [1.82, 2.24) is 9.55 Å². The number of fused-ring (bicyclic) bond motifs is 1. The molecule has 7 heteroatoms. The molecule has 1 saturated heterocycles. The summed E-state index contributed by atoms with van der Waals surface area (Å²) in [7, 11) is 0.